The van der Waals surface area contributed by atoms with E-state index in [2.05, 4.69) is 31.1 Å². The van der Waals surface area contributed by atoms with E-state index in [1.54, 1.807) is 6.33 Å². The fraction of sp³-hybridized carbons (Fsp3) is 0.385. The molecule has 0 amide bonds. The molecule has 2 rings (SSSR count). The Morgan fingerprint density at radius 1 is 1.12 bits per heavy atom. The molecule has 0 atom stereocenters. The van der Waals surface area contributed by atoms with Crippen molar-refractivity contribution in [2.24, 2.45) is 0 Å². The SMILES string of the molecule is C[N+](C)(C)CCOc1ncnc2ccccc12. The minimum atomic E-state index is 0.657. The Hall–Kier alpha value is -1.68. The third-order valence-electron chi connectivity index (χ3n) is 2.51. The molecule has 1 heterocycles. The van der Waals surface area contributed by atoms with Gasteiger partial charge in [0, 0.05) is 0 Å². The maximum absolute atomic E-state index is 5.73. The molecule has 0 saturated carbocycles. The maximum Gasteiger partial charge on any atom is 0.224 e. The van der Waals surface area contributed by atoms with Crippen molar-refractivity contribution in [3.05, 3.63) is 30.6 Å². The lowest BCUT2D eigenvalue weighted by Gasteiger charge is -2.23. The van der Waals surface area contributed by atoms with Crippen LogP contribution in [0.5, 0.6) is 5.88 Å². The number of ether oxygens (including phenoxy) is 1. The van der Waals surface area contributed by atoms with Gasteiger partial charge in [0.2, 0.25) is 5.88 Å². The van der Waals surface area contributed by atoms with E-state index in [0.29, 0.717) is 12.5 Å². The van der Waals surface area contributed by atoms with Crippen LogP contribution < -0.4 is 4.74 Å². The van der Waals surface area contributed by atoms with E-state index in [1.165, 1.54) is 0 Å². The van der Waals surface area contributed by atoms with Crippen molar-refractivity contribution in [1.29, 1.82) is 0 Å². The highest BCUT2D eigenvalue weighted by atomic mass is 16.5. The molecule has 1 aromatic heterocycles. The van der Waals surface area contributed by atoms with Crippen molar-refractivity contribution >= 4 is 10.9 Å². The highest BCUT2D eigenvalue weighted by Gasteiger charge is 2.08. The first-order valence-corrected chi connectivity index (χ1v) is 5.69. The van der Waals surface area contributed by atoms with Crippen molar-refractivity contribution in [2.45, 2.75) is 0 Å². The largest absolute Gasteiger partial charge is 0.471 e. The predicted octanol–water partition coefficient (Wildman–Crippen LogP) is 1.71. The Bertz CT molecular complexity index is 500. The molecule has 0 aliphatic rings. The summed E-state index contributed by atoms with van der Waals surface area (Å²) in [5, 5.41) is 0.969. The zero-order valence-corrected chi connectivity index (χ0v) is 10.6. The van der Waals surface area contributed by atoms with Gasteiger partial charge in [-0.2, -0.15) is 0 Å². The first-order chi connectivity index (χ1) is 8.06. The molecule has 0 spiro atoms. The summed E-state index contributed by atoms with van der Waals surface area (Å²) >= 11 is 0. The van der Waals surface area contributed by atoms with Crippen LogP contribution in [0, 0.1) is 0 Å². The molecule has 0 bridgehead atoms. The lowest BCUT2D eigenvalue weighted by molar-refractivity contribution is -0.870. The predicted molar refractivity (Wildman–Crippen MR) is 67.9 cm³/mol. The Labute approximate surface area is 101 Å². The average Bonchev–Trinajstić information content (AvgIpc) is 2.28. The molecule has 0 saturated heterocycles. The molecule has 0 aliphatic carbocycles. The van der Waals surface area contributed by atoms with Gasteiger partial charge in [0.05, 0.1) is 32.0 Å². The van der Waals surface area contributed by atoms with Crippen molar-refractivity contribution < 1.29 is 9.22 Å². The van der Waals surface area contributed by atoms with E-state index >= 15 is 0 Å². The molecule has 0 unspecified atom stereocenters. The second-order valence-corrected chi connectivity index (χ2v) is 5.06. The van der Waals surface area contributed by atoms with Crippen LogP contribution in [-0.4, -0.2) is 48.7 Å². The first-order valence-electron chi connectivity index (χ1n) is 5.69. The van der Waals surface area contributed by atoms with Crippen LogP contribution in [0.4, 0.5) is 0 Å². The Morgan fingerprint density at radius 3 is 2.65 bits per heavy atom. The van der Waals surface area contributed by atoms with E-state index in [-0.39, 0.29) is 0 Å². The van der Waals surface area contributed by atoms with Crippen LogP contribution in [0.15, 0.2) is 30.6 Å². The fourth-order valence-corrected chi connectivity index (χ4v) is 1.51. The van der Waals surface area contributed by atoms with E-state index < -0.39 is 0 Å². The second kappa shape index (κ2) is 4.67. The van der Waals surface area contributed by atoms with Gasteiger partial charge < -0.3 is 9.22 Å². The number of quaternary nitrogens is 1. The third-order valence-corrected chi connectivity index (χ3v) is 2.51. The minimum Gasteiger partial charge on any atom is -0.471 e. The normalized spacial score (nSPS) is 11.7. The summed E-state index contributed by atoms with van der Waals surface area (Å²) in [5.74, 6) is 0.670. The van der Waals surface area contributed by atoms with Gasteiger partial charge in [0.25, 0.3) is 0 Å². The van der Waals surface area contributed by atoms with Gasteiger partial charge in [0.1, 0.15) is 19.5 Å². The number of hydrogen-bond donors (Lipinski definition) is 0. The molecule has 4 heteroatoms. The standard InChI is InChI=1S/C13H18N3O/c1-16(2,3)8-9-17-13-11-6-4-5-7-12(11)14-10-15-13/h4-7,10H,8-9H2,1-3H3/q+1. The highest BCUT2D eigenvalue weighted by molar-refractivity contribution is 5.82. The molecule has 2 aromatic rings. The van der Waals surface area contributed by atoms with E-state index in [1.807, 2.05) is 24.3 Å². The van der Waals surface area contributed by atoms with Gasteiger partial charge in [-0.3, -0.25) is 0 Å². The summed E-state index contributed by atoms with van der Waals surface area (Å²) in [5.41, 5.74) is 0.919. The number of benzene rings is 1. The van der Waals surface area contributed by atoms with Crippen LogP contribution in [-0.2, 0) is 0 Å². The zero-order valence-electron chi connectivity index (χ0n) is 10.6. The molecular formula is C13H18N3O+. The Morgan fingerprint density at radius 2 is 1.88 bits per heavy atom. The molecule has 0 N–H and O–H groups in total. The number of hydrogen-bond acceptors (Lipinski definition) is 3. The number of aromatic nitrogens is 2. The highest BCUT2D eigenvalue weighted by Crippen LogP contribution is 2.20. The monoisotopic (exact) mass is 232 g/mol. The molecule has 0 aliphatic heterocycles. The summed E-state index contributed by atoms with van der Waals surface area (Å²) < 4.78 is 6.61. The van der Waals surface area contributed by atoms with Crippen LogP contribution in [0.1, 0.15) is 0 Å². The van der Waals surface area contributed by atoms with Crippen LogP contribution in [0.2, 0.25) is 0 Å². The zero-order chi connectivity index (χ0) is 12.3. The number of para-hydroxylation sites is 1. The summed E-state index contributed by atoms with van der Waals surface area (Å²) in [6.07, 6.45) is 1.55. The molecule has 17 heavy (non-hydrogen) atoms. The molecule has 0 fully saturated rings. The number of likely N-dealkylation sites (N-methyl/N-ethyl adjacent to an activating group) is 1. The lowest BCUT2D eigenvalue weighted by atomic mass is 10.2. The Kier molecular flexibility index (Phi) is 3.24. The second-order valence-electron chi connectivity index (χ2n) is 5.06. The van der Waals surface area contributed by atoms with Crippen molar-refractivity contribution in [2.75, 3.05) is 34.3 Å². The smallest absolute Gasteiger partial charge is 0.224 e. The van der Waals surface area contributed by atoms with Crippen molar-refractivity contribution in [1.82, 2.24) is 9.97 Å². The van der Waals surface area contributed by atoms with Crippen molar-refractivity contribution in [3.8, 4) is 5.88 Å². The van der Waals surface area contributed by atoms with Crippen molar-refractivity contribution in [3.63, 3.8) is 0 Å². The minimum absolute atomic E-state index is 0.657. The number of fused-ring (bicyclic) bond motifs is 1. The van der Waals surface area contributed by atoms with Gasteiger partial charge in [0.15, 0.2) is 0 Å². The number of nitrogens with zero attached hydrogens (tertiary/aromatic N) is 3. The summed E-state index contributed by atoms with van der Waals surface area (Å²) in [4.78, 5) is 8.39. The van der Waals surface area contributed by atoms with Gasteiger partial charge in [-0.15, -0.1) is 0 Å². The van der Waals surface area contributed by atoms with Gasteiger partial charge in [-0.05, 0) is 12.1 Å². The van der Waals surface area contributed by atoms with Crippen LogP contribution in [0.25, 0.3) is 10.9 Å². The van der Waals surface area contributed by atoms with Crippen LogP contribution >= 0.6 is 0 Å². The first kappa shape index (κ1) is 11.8. The Balaban J connectivity index is 2.13. The molecular weight excluding hydrogens is 214 g/mol. The fourth-order valence-electron chi connectivity index (χ4n) is 1.51. The summed E-state index contributed by atoms with van der Waals surface area (Å²) in [6.45, 7) is 1.60. The van der Waals surface area contributed by atoms with E-state index in [4.69, 9.17) is 4.74 Å². The van der Waals surface area contributed by atoms with Gasteiger partial charge in [-0.25, -0.2) is 9.97 Å². The molecule has 0 radical (unpaired) electrons. The average molecular weight is 232 g/mol. The van der Waals surface area contributed by atoms with E-state index in [0.717, 1.165) is 21.9 Å². The summed E-state index contributed by atoms with van der Waals surface area (Å²) in [6, 6.07) is 7.88. The number of rotatable bonds is 4. The van der Waals surface area contributed by atoms with Gasteiger partial charge >= 0.3 is 0 Å². The third kappa shape index (κ3) is 3.14. The lowest BCUT2D eigenvalue weighted by Crippen LogP contribution is -2.38. The maximum atomic E-state index is 5.73. The molecule has 4 nitrogen and oxygen atoms in total. The van der Waals surface area contributed by atoms with Gasteiger partial charge in [-0.1, -0.05) is 12.1 Å². The molecule has 1 aromatic carbocycles. The summed E-state index contributed by atoms with van der Waals surface area (Å²) in [7, 11) is 6.42. The topological polar surface area (TPSA) is 35.0 Å². The van der Waals surface area contributed by atoms with Crippen LogP contribution in [0.3, 0.4) is 0 Å². The molecule has 90 valence electrons. The quantitative estimate of drug-likeness (QED) is 0.753. The van der Waals surface area contributed by atoms with E-state index in [9.17, 15) is 0 Å².